The number of anilines is 2. The van der Waals surface area contributed by atoms with Gasteiger partial charge in [0.2, 0.25) is 5.91 Å². The summed E-state index contributed by atoms with van der Waals surface area (Å²) in [6, 6.07) is 7.50. The molecule has 2 aliphatic heterocycles. The van der Waals surface area contributed by atoms with E-state index in [0.717, 1.165) is 17.0 Å². The molecule has 0 spiro atoms. The van der Waals surface area contributed by atoms with E-state index in [1.165, 1.54) is 9.80 Å². The molecular weight excluding hydrogens is 554 g/mol. The van der Waals surface area contributed by atoms with E-state index in [2.05, 4.69) is 10.3 Å². The predicted molar refractivity (Wildman–Crippen MR) is 146 cm³/mol. The quantitative estimate of drug-likeness (QED) is 0.380. The molecule has 0 bridgehead atoms. The third kappa shape index (κ3) is 6.26. The topological polar surface area (TPSA) is 126 Å². The molecule has 3 aromatic rings. The van der Waals surface area contributed by atoms with Gasteiger partial charge in [0, 0.05) is 57.1 Å². The highest BCUT2D eigenvalue weighted by Crippen LogP contribution is 2.32. The Morgan fingerprint density at radius 2 is 1.86 bits per heavy atom. The van der Waals surface area contributed by atoms with Gasteiger partial charge in [0.15, 0.2) is 11.6 Å². The largest absolute Gasteiger partial charge is 0.466 e. The lowest BCUT2D eigenvalue weighted by molar-refractivity contribution is -0.143. The van der Waals surface area contributed by atoms with Crippen molar-refractivity contribution in [3.05, 3.63) is 60.1 Å². The van der Waals surface area contributed by atoms with E-state index in [9.17, 15) is 19.2 Å². The minimum absolute atomic E-state index is 0.00699. The van der Waals surface area contributed by atoms with Crippen LogP contribution in [0.5, 0.6) is 0 Å². The Bertz CT molecular complexity index is 1450. The molecule has 2 aliphatic rings. The zero-order valence-corrected chi connectivity index (χ0v) is 22.9. The van der Waals surface area contributed by atoms with Crippen molar-refractivity contribution >= 4 is 40.9 Å². The molecular formula is C28H30F2N6O6. The van der Waals surface area contributed by atoms with E-state index < -0.39 is 35.7 Å². The SMILES string of the molecule is CCOC(=O)CC[C@H]1CN(c2cc(F)c(N3CCN(C(=O)CNC(=O)c4cn5ccccc5n4)CC3)c(F)c2)C(=O)O1. The molecule has 1 atom stereocenters. The van der Waals surface area contributed by atoms with Crippen LogP contribution in [-0.4, -0.2) is 90.1 Å². The fraction of sp³-hybridized carbons (Fsp3) is 0.393. The molecule has 0 unspecified atom stereocenters. The van der Waals surface area contributed by atoms with E-state index in [0.29, 0.717) is 5.65 Å². The van der Waals surface area contributed by atoms with Crippen LogP contribution in [0.3, 0.4) is 0 Å². The highest BCUT2D eigenvalue weighted by Gasteiger charge is 2.34. The lowest BCUT2D eigenvalue weighted by atomic mass is 10.1. The fourth-order valence-electron chi connectivity index (χ4n) is 4.99. The van der Waals surface area contributed by atoms with Gasteiger partial charge in [-0.25, -0.2) is 18.6 Å². The summed E-state index contributed by atoms with van der Waals surface area (Å²) >= 11 is 0. The summed E-state index contributed by atoms with van der Waals surface area (Å²) in [5, 5.41) is 2.57. The maximum Gasteiger partial charge on any atom is 0.414 e. The Morgan fingerprint density at radius 1 is 1.12 bits per heavy atom. The molecule has 0 aliphatic carbocycles. The molecule has 4 heterocycles. The summed E-state index contributed by atoms with van der Waals surface area (Å²) in [6.07, 6.45) is 2.26. The molecule has 2 fully saturated rings. The molecule has 222 valence electrons. The van der Waals surface area contributed by atoms with Crippen molar-refractivity contribution in [1.29, 1.82) is 0 Å². The molecule has 0 radical (unpaired) electrons. The van der Waals surface area contributed by atoms with Gasteiger partial charge < -0.3 is 29.0 Å². The first-order valence-corrected chi connectivity index (χ1v) is 13.6. The molecule has 14 heteroatoms. The zero-order chi connectivity index (χ0) is 29.8. The summed E-state index contributed by atoms with van der Waals surface area (Å²) in [5.41, 5.74) is 0.542. The average molecular weight is 585 g/mol. The van der Waals surface area contributed by atoms with Gasteiger partial charge in [-0.15, -0.1) is 0 Å². The number of piperazine rings is 1. The second kappa shape index (κ2) is 12.4. The van der Waals surface area contributed by atoms with E-state index >= 15 is 8.78 Å². The molecule has 2 saturated heterocycles. The third-order valence-corrected chi connectivity index (χ3v) is 7.11. The van der Waals surface area contributed by atoms with Crippen molar-refractivity contribution in [2.24, 2.45) is 0 Å². The van der Waals surface area contributed by atoms with E-state index in [4.69, 9.17) is 9.47 Å². The normalized spacial score (nSPS) is 17.0. The fourth-order valence-corrected chi connectivity index (χ4v) is 4.99. The lowest BCUT2D eigenvalue weighted by Crippen LogP contribution is -2.51. The number of pyridine rings is 1. The van der Waals surface area contributed by atoms with E-state index in [1.807, 2.05) is 6.07 Å². The lowest BCUT2D eigenvalue weighted by Gasteiger charge is -2.36. The monoisotopic (exact) mass is 584 g/mol. The molecule has 5 rings (SSSR count). The van der Waals surface area contributed by atoms with Gasteiger partial charge in [0.05, 0.1) is 25.4 Å². The number of ether oxygens (including phenoxy) is 2. The number of rotatable bonds is 9. The summed E-state index contributed by atoms with van der Waals surface area (Å²) in [6.45, 7) is 2.47. The Labute approximate surface area is 239 Å². The van der Waals surface area contributed by atoms with Gasteiger partial charge in [0.1, 0.15) is 23.1 Å². The number of benzene rings is 1. The number of amides is 3. The Balaban J connectivity index is 1.13. The maximum absolute atomic E-state index is 15.2. The Kier molecular flexibility index (Phi) is 8.50. The first-order chi connectivity index (χ1) is 20.2. The maximum atomic E-state index is 15.2. The third-order valence-electron chi connectivity index (χ3n) is 7.11. The van der Waals surface area contributed by atoms with Crippen LogP contribution in [0.1, 0.15) is 30.3 Å². The van der Waals surface area contributed by atoms with Crippen LogP contribution in [0.15, 0.2) is 42.7 Å². The molecule has 3 amide bonds. The van der Waals surface area contributed by atoms with Gasteiger partial charge in [-0.1, -0.05) is 6.07 Å². The summed E-state index contributed by atoms with van der Waals surface area (Å²) < 4.78 is 42.1. The van der Waals surface area contributed by atoms with Crippen molar-refractivity contribution in [3.63, 3.8) is 0 Å². The number of imidazole rings is 1. The molecule has 1 N–H and O–H groups in total. The minimum Gasteiger partial charge on any atom is -0.466 e. The second-order valence-corrected chi connectivity index (χ2v) is 9.86. The summed E-state index contributed by atoms with van der Waals surface area (Å²) in [4.78, 5) is 57.5. The number of aromatic nitrogens is 2. The van der Waals surface area contributed by atoms with Gasteiger partial charge >= 0.3 is 12.1 Å². The summed E-state index contributed by atoms with van der Waals surface area (Å²) in [5.74, 6) is -2.93. The van der Waals surface area contributed by atoms with Crippen LogP contribution >= 0.6 is 0 Å². The van der Waals surface area contributed by atoms with Crippen LogP contribution in [0, 0.1) is 11.6 Å². The summed E-state index contributed by atoms with van der Waals surface area (Å²) in [7, 11) is 0. The van der Waals surface area contributed by atoms with E-state index in [-0.39, 0.29) is 81.7 Å². The Morgan fingerprint density at radius 3 is 2.55 bits per heavy atom. The van der Waals surface area contributed by atoms with Crippen molar-refractivity contribution in [2.75, 3.05) is 55.7 Å². The number of nitrogens with zero attached hydrogens (tertiary/aromatic N) is 5. The van der Waals surface area contributed by atoms with Crippen LogP contribution in [0.2, 0.25) is 0 Å². The highest BCUT2D eigenvalue weighted by atomic mass is 19.1. The number of cyclic esters (lactones) is 1. The molecule has 2 aromatic heterocycles. The number of halogens is 2. The molecule has 12 nitrogen and oxygen atoms in total. The predicted octanol–water partition coefficient (Wildman–Crippen LogP) is 2.36. The van der Waals surface area contributed by atoms with E-state index in [1.54, 1.807) is 35.9 Å². The standard InChI is InChI=1S/C28H30F2N6O6/c1-2-41-25(38)7-6-19-16-36(28(40)42-19)18-13-20(29)26(21(30)14-18)34-11-9-33(10-12-34)24(37)15-31-27(39)22-17-35-8-4-3-5-23(35)32-22/h3-5,8,13-14,17,19H,2,6-7,9-12,15-16H2,1H3,(H,31,39)/t19-/m0/s1. The van der Waals surface area contributed by atoms with Crippen molar-refractivity contribution in [1.82, 2.24) is 19.6 Å². The van der Waals surface area contributed by atoms with Crippen LogP contribution in [-0.2, 0) is 19.1 Å². The number of carbonyl (C=O) groups excluding carboxylic acids is 4. The van der Waals surface area contributed by atoms with Crippen molar-refractivity contribution in [2.45, 2.75) is 25.9 Å². The zero-order valence-electron chi connectivity index (χ0n) is 22.9. The van der Waals surface area contributed by atoms with Gasteiger partial charge in [0.25, 0.3) is 5.91 Å². The van der Waals surface area contributed by atoms with Crippen LogP contribution in [0.4, 0.5) is 25.0 Å². The highest BCUT2D eigenvalue weighted by molar-refractivity contribution is 5.95. The number of hydrogen-bond acceptors (Lipinski definition) is 8. The minimum atomic E-state index is -0.854. The van der Waals surface area contributed by atoms with Crippen molar-refractivity contribution < 1.29 is 37.4 Å². The molecule has 0 saturated carbocycles. The average Bonchev–Trinajstić information content (AvgIpc) is 3.58. The first-order valence-electron chi connectivity index (χ1n) is 13.6. The smallest absolute Gasteiger partial charge is 0.414 e. The van der Waals surface area contributed by atoms with Crippen LogP contribution in [0.25, 0.3) is 5.65 Å². The number of esters is 1. The molecule has 42 heavy (non-hydrogen) atoms. The van der Waals surface area contributed by atoms with Gasteiger partial charge in [-0.05, 0) is 25.5 Å². The number of hydrogen-bond donors (Lipinski definition) is 1. The number of nitrogens with one attached hydrogen (secondary N) is 1. The number of fused-ring (bicyclic) bond motifs is 1. The Hall–Kier alpha value is -4.75. The van der Waals surface area contributed by atoms with Gasteiger partial charge in [-0.3, -0.25) is 19.3 Å². The van der Waals surface area contributed by atoms with Crippen LogP contribution < -0.4 is 15.1 Å². The van der Waals surface area contributed by atoms with Crippen molar-refractivity contribution in [3.8, 4) is 0 Å². The number of carbonyl (C=O) groups is 4. The van der Waals surface area contributed by atoms with Gasteiger partial charge in [-0.2, -0.15) is 0 Å². The first kappa shape index (κ1) is 28.8. The second-order valence-electron chi connectivity index (χ2n) is 9.86. The molecule has 1 aromatic carbocycles.